The van der Waals surface area contributed by atoms with Crippen LogP contribution in [0.5, 0.6) is 0 Å². The van der Waals surface area contributed by atoms with Gasteiger partial charge in [-0.1, -0.05) is 133 Å². The molecule has 0 rings (SSSR count). The minimum Gasteiger partial charge on any atom is -0.353 e. The molecule has 43 heavy (non-hydrogen) atoms. The van der Waals surface area contributed by atoms with Crippen LogP contribution < -0.4 is 16.4 Å². The monoisotopic (exact) mass is 600 g/mol. The third-order valence-electron chi connectivity index (χ3n) is 7.63. The van der Waals surface area contributed by atoms with Gasteiger partial charge < -0.3 is 16.4 Å². The van der Waals surface area contributed by atoms with Gasteiger partial charge in [0.15, 0.2) is 6.17 Å². The van der Waals surface area contributed by atoms with Gasteiger partial charge in [-0.15, -0.1) is 0 Å². The minimum absolute atomic E-state index is 0.137. The molecular weight excluding hydrogens is 530 g/mol. The molecule has 2 amide bonds. The average Bonchev–Trinajstić information content (AvgIpc) is 3.00. The molecule has 0 aromatic heterocycles. The Hall–Kier alpha value is -2.14. The van der Waals surface area contributed by atoms with Gasteiger partial charge in [0.05, 0.1) is 0 Å². The fourth-order valence-electron chi connectivity index (χ4n) is 4.84. The lowest BCUT2D eigenvalue weighted by Crippen LogP contribution is -2.52. The molecule has 248 valence electrons. The smallest absolute Gasteiger partial charge is 0.257 e. The Morgan fingerprint density at radius 2 is 0.930 bits per heavy atom. The van der Waals surface area contributed by atoms with Crippen LogP contribution in [0.3, 0.4) is 0 Å². The van der Waals surface area contributed by atoms with E-state index >= 15 is 0 Å². The number of nitrogens with two attached hydrogens (primary N) is 1. The third kappa shape index (κ3) is 32.6. The van der Waals surface area contributed by atoms with Crippen LogP contribution in [0.25, 0.3) is 0 Å². The van der Waals surface area contributed by atoms with Crippen LogP contribution >= 0.6 is 0 Å². The van der Waals surface area contributed by atoms with Crippen molar-refractivity contribution in [2.75, 3.05) is 6.54 Å². The number of nitrogens with one attached hydrogen (secondary N) is 2. The second kappa shape index (κ2) is 34.4. The number of rotatable bonds is 31. The van der Waals surface area contributed by atoms with Crippen molar-refractivity contribution in [1.82, 2.24) is 10.6 Å². The van der Waals surface area contributed by atoms with E-state index in [0.29, 0.717) is 13.0 Å². The first-order valence-electron chi connectivity index (χ1n) is 18.0. The van der Waals surface area contributed by atoms with E-state index in [-0.39, 0.29) is 11.8 Å². The molecule has 4 N–H and O–H groups in total. The lowest BCUT2D eigenvalue weighted by Gasteiger charge is -2.14. The van der Waals surface area contributed by atoms with E-state index in [1.165, 1.54) is 96.3 Å². The van der Waals surface area contributed by atoms with Crippen LogP contribution in [0, 0.1) is 0 Å². The van der Waals surface area contributed by atoms with Gasteiger partial charge in [-0.25, -0.2) is 0 Å². The molecule has 0 aromatic rings. The molecule has 0 aliphatic carbocycles. The summed E-state index contributed by atoms with van der Waals surface area (Å²) in [6.07, 6.45) is 44.8. The summed E-state index contributed by atoms with van der Waals surface area (Å²) in [5, 5.41) is 5.50. The summed E-state index contributed by atoms with van der Waals surface area (Å²) in [5.74, 6) is -0.432. The highest BCUT2D eigenvalue weighted by molar-refractivity contribution is 5.86. The van der Waals surface area contributed by atoms with Gasteiger partial charge in [-0.3, -0.25) is 9.59 Å². The molecule has 0 radical (unpaired) electrons. The van der Waals surface area contributed by atoms with Gasteiger partial charge in [0, 0.05) is 13.0 Å². The van der Waals surface area contributed by atoms with Crippen LogP contribution in [0.2, 0.25) is 0 Å². The van der Waals surface area contributed by atoms with Crippen molar-refractivity contribution >= 4 is 11.8 Å². The van der Waals surface area contributed by atoms with Crippen LogP contribution in [0.4, 0.5) is 0 Å². The minimum atomic E-state index is -0.963. The van der Waals surface area contributed by atoms with Gasteiger partial charge in [0.25, 0.3) is 5.91 Å². The fourth-order valence-corrected chi connectivity index (χ4v) is 4.84. The number of allylic oxidation sites excluding steroid dienone is 8. The molecule has 0 heterocycles. The first kappa shape index (κ1) is 40.9. The van der Waals surface area contributed by atoms with E-state index in [0.717, 1.165) is 51.4 Å². The maximum Gasteiger partial charge on any atom is 0.257 e. The van der Waals surface area contributed by atoms with Crippen molar-refractivity contribution in [2.45, 2.75) is 174 Å². The molecule has 0 aliphatic heterocycles. The normalized spacial score (nSPS) is 12.7. The Morgan fingerprint density at radius 1 is 0.535 bits per heavy atom. The number of hydrogen-bond donors (Lipinski definition) is 3. The Kier molecular flexibility index (Phi) is 32.6. The topological polar surface area (TPSA) is 84.2 Å². The molecule has 0 aliphatic rings. The second-order valence-electron chi connectivity index (χ2n) is 11.9. The first-order chi connectivity index (χ1) is 21.1. The number of carbonyl (C=O) groups excluding carboxylic acids is 2. The van der Waals surface area contributed by atoms with Crippen LogP contribution in [-0.2, 0) is 9.59 Å². The predicted octanol–water partition coefficient (Wildman–Crippen LogP) is 10.1. The second-order valence-corrected chi connectivity index (χ2v) is 11.9. The van der Waals surface area contributed by atoms with E-state index in [4.69, 9.17) is 5.73 Å². The Balaban J connectivity index is 3.53. The standard InChI is InChI=1S/C38H69N3O2/c1-3-5-7-9-11-13-15-17-19-21-23-25-27-29-31-33-35-40-38(43)37(39)41-36(42)34-32-30-28-26-24-22-20-18-16-14-12-10-8-6-4-2/h11-14,17-20,37H,3-10,15-16,21-35,39H2,1-2H3,(H,40,43)(H,41,42)/b13-11-,14-12?,19-17-,20-18?. The average molecular weight is 600 g/mol. The summed E-state index contributed by atoms with van der Waals surface area (Å²) in [6.45, 7) is 5.10. The van der Waals surface area contributed by atoms with Crippen molar-refractivity contribution in [1.29, 1.82) is 0 Å². The lowest BCUT2D eigenvalue weighted by atomic mass is 10.1. The predicted molar refractivity (Wildman–Crippen MR) is 188 cm³/mol. The summed E-state index contributed by atoms with van der Waals surface area (Å²) in [7, 11) is 0. The largest absolute Gasteiger partial charge is 0.353 e. The van der Waals surface area contributed by atoms with Crippen LogP contribution in [-0.4, -0.2) is 24.5 Å². The van der Waals surface area contributed by atoms with E-state index in [1.54, 1.807) is 0 Å². The molecule has 0 fully saturated rings. The quantitative estimate of drug-likeness (QED) is 0.0421. The van der Waals surface area contributed by atoms with Gasteiger partial charge in [0.1, 0.15) is 0 Å². The van der Waals surface area contributed by atoms with Crippen LogP contribution in [0.15, 0.2) is 48.6 Å². The van der Waals surface area contributed by atoms with Crippen molar-refractivity contribution < 1.29 is 9.59 Å². The summed E-state index contributed by atoms with van der Waals surface area (Å²) in [5.41, 5.74) is 5.88. The maximum absolute atomic E-state index is 12.2. The fraction of sp³-hybridized carbons (Fsp3) is 0.737. The highest BCUT2D eigenvalue weighted by Gasteiger charge is 2.15. The first-order valence-corrected chi connectivity index (χ1v) is 18.0. The van der Waals surface area contributed by atoms with Crippen molar-refractivity contribution in [3.63, 3.8) is 0 Å². The zero-order chi connectivity index (χ0) is 31.5. The number of carbonyl (C=O) groups is 2. The number of unbranched alkanes of at least 4 members (excludes halogenated alkanes) is 17. The lowest BCUT2D eigenvalue weighted by molar-refractivity contribution is -0.128. The molecule has 0 spiro atoms. The summed E-state index contributed by atoms with van der Waals surface area (Å²) in [6, 6.07) is 0. The Labute approximate surface area is 266 Å². The summed E-state index contributed by atoms with van der Waals surface area (Å²) >= 11 is 0. The van der Waals surface area contributed by atoms with Crippen LogP contribution in [0.1, 0.15) is 168 Å². The van der Waals surface area contributed by atoms with Crippen molar-refractivity contribution in [2.24, 2.45) is 5.73 Å². The highest BCUT2D eigenvalue weighted by atomic mass is 16.2. The highest BCUT2D eigenvalue weighted by Crippen LogP contribution is 2.09. The maximum atomic E-state index is 12.2. The molecule has 0 saturated carbocycles. The third-order valence-corrected chi connectivity index (χ3v) is 7.63. The molecule has 5 nitrogen and oxygen atoms in total. The zero-order valence-corrected chi connectivity index (χ0v) is 28.3. The van der Waals surface area contributed by atoms with Gasteiger partial charge >= 0.3 is 0 Å². The summed E-state index contributed by atoms with van der Waals surface area (Å²) < 4.78 is 0. The summed E-state index contributed by atoms with van der Waals surface area (Å²) in [4.78, 5) is 24.3. The molecule has 5 heteroatoms. The molecule has 0 aromatic carbocycles. The molecule has 0 saturated heterocycles. The van der Waals surface area contributed by atoms with E-state index in [9.17, 15) is 9.59 Å². The van der Waals surface area contributed by atoms with Gasteiger partial charge in [-0.05, 0) is 77.0 Å². The molecule has 1 unspecified atom stereocenters. The molecular formula is C38H69N3O2. The van der Waals surface area contributed by atoms with Crippen molar-refractivity contribution in [3.05, 3.63) is 48.6 Å². The van der Waals surface area contributed by atoms with Crippen molar-refractivity contribution in [3.8, 4) is 0 Å². The molecule has 1 atom stereocenters. The number of hydrogen-bond acceptors (Lipinski definition) is 3. The number of amides is 2. The molecule has 0 bridgehead atoms. The van der Waals surface area contributed by atoms with Gasteiger partial charge in [0.2, 0.25) is 5.91 Å². The van der Waals surface area contributed by atoms with E-state index in [2.05, 4.69) is 73.1 Å². The van der Waals surface area contributed by atoms with Gasteiger partial charge in [-0.2, -0.15) is 0 Å². The Morgan fingerprint density at radius 3 is 1.40 bits per heavy atom. The van der Waals surface area contributed by atoms with E-state index < -0.39 is 6.17 Å². The van der Waals surface area contributed by atoms with E-state index in [1.807, 2.05) is 0 Å². The SMILES string of the molecule is CCCCCC=CCC=CCCCCCCCC(=O)NC(N)C(=O)NCCCCCCCC/C=C\C/C=C\CCCCC. The zero-order valence-electron chi connectivity index (χ0n) is 28.3. The Bertz CT molecular complexity index is 741.